The third-order valence-electron chi connectivity index (χ3n) is 2.77. The van der Waals surface area contributed by atoms with Gasteiger partial charge in [0.2, 0.25) is 0 Å². The second kappa shape index (κ2) is 6.19. The molecule has 0 radical (unpaired) electrons. The van der Waals surface area contributed by atoms with Crippen molar-refractivity contribution in [2.45, 2.75) is 20.8 Å². The van der Waals surface area contributed by atoms with Crippen molar-refractivity contribution in [1.82, 2.24) is 4.98 Å². The first-order chi connectivity index (χ1) is 9.58. The third-order valence-corrected chi connectivity index (χ3v) is 2.77. The predicted molar refractivity (Wildman–Crippen MR) is 79.4 cm³/mol. The van der Waals surface area contributed by atoms with E-state index in [1.807, 2.05) is 38.1 Å². The molecule has 1 heterocycles. The van der Waals surface area contributed by atoms with Gasteiger partial charge in [0.1, 0.15) is 0 Å². The molecule has 104 valence electrons. The van der Waals surface area contributed by atoms with Crippen molar-refractivity contribution in [3.05, 3.63) is 53.3 Å². The zero-order valence-electron chi connectivity index (χ0n) is 11.9. The van der Waals surface area contributed by atoms with Gasteiger partial charge in [0, 0.05) is 22.8 Å². The van der Waals surface area contributed by atoms with Crippen LogP contribution in [0.15, 0.2) is 36.4 Å². The minimum absolute atomic E-state index is 0.297. The quantitative estimate of drug-likeness (QED) is 0.862. The van der Waals surface area contributed by atoms with Gasteiger partial charge in [0.25, 0.3) is 0 Å². The molecule has 1 aromatic carbocycles. The Kier molecular flexibility index (Phi) is 4.35. The van der Waals surface area contributed by atoms with E-state index in [9.17, 15) is 4.79 Å². The molecule has 2 rings (SSSR count). The number of anilines is 2. The molecule has 4 heteroatoms. The molecule has 0 aliphatic heterocycles. The van der Waals surface area contributed by atoms with E-state index in [2.05, 4.69) is 10.3 Å². The number of pyridine rings is 1. The number of aryl methyl sites for hydroxylation is 2. The molecule has 0 aliphatic rings. The Hall–Kier alpha value is -2.36. The van der Waals surface area contributed by atoms with E-state index in [1.54, 1.807) is 19.1 Å². The molecule has 4 nitrogen and oxygen atoms in total. The van der Waals surface area contributed by atoms with Gasteiger partial charge in [-0.3, -0.25) is 4.98 Å². The number of nitrogens with one attached hydrogen (secondary N) is 1. The van der Waals surface area contributed by atoms with Crippen LogP contribution in [-0.2, 0) is 4.74 Å². The molecule has 0 amide bonds. The fourth-order valence-electron chi connectivity index (χ4n) is 1.98. The van der Waals surface area contributed by atoms with Gasteiger partial charge in [-0.1, -0.05) is 0 Å². The number of hydrogen-bond acceptors (Lipinski definition) is 4. The first-order valence-electron chi connectivity index (χ1n) is 6.58. The SMILES string of the molecule is CCOC(=O)c1ccc(Nc2cc(C)nc(C)c2)cc1. The summed E-state index contributed by atoms with van der Waals surface area (Å²) in [6, 6.07) is 11.2. The summed E-state index contributed by atoms with van der Waals surface area (Å²) in [5.41, 5.74) is 4.40. The van der Waals surface area contributed by atoms with Crippen LogP contribution in [-0.4, -0.2) is 17.6 Å². The summed E-state index contributed by atoms with van der Waals surface area (Å²) < 4.78 is 4.95. The molecule has 0 saturated carbocycles. The van der Waals surface area contributed by atoms with Crippen LogP contribution in [0.4, 0.5) is 11.4 Å². The van der Waals surface area contributed by atoms with Crippen molar-refractivity contribution in [3.8, 4) is 0 Å². The second-order valence-electron chi connectivity index (χ2n) is 4.56. The maximum atomic E-state index is 11.6. The molecule has 0 unspecified atom stereocenters. The number of aromatic nitrogens is 1. The second-order valence-corrected chi connectivity index (χ2v) is 4.56. The molecule has 0 saturated heterocycles. The number of nitrogens with zero attached hydrogens (tertiary/aromatic N) is 1. The van der Waals surface area contributed by atoms with E-state index >= 15 is 0 Å². The van der Waals surface area contributed by atoms with Gasteiger partial charge >= 0.3 is 5.97 Å². The maximum Gasteiger partial charge on any atom is 0.338 e. The van der Waals surface area contributed by atoms with Gasteiger partial charge in [-0.15, -0.1) is 0 Å². The van der Waals surface area contributed by atoms with Gasteiger partial charge < -0.3 is 10.1 Å². The van der Waals surface area contributed by atoms with E-state index in [0.717, 1.165) is 22.8 Å². The van der Waals surface area contributed by atoms with E-state index in [-0.39, 0.29) is 5.97 Å². The Morgan fingerprint density at radius 2 is 1.70 bits per heavy atom. The van der Waals surface area contributed by atoms with Gasteiger partial charge in [0.05, 0.1) is 12.2 Å². The number of carbonyl (C=O) groups is 1. The highest BCUT2D eigenvalue weighted by Crippen LogP contribution is 2.18. The van der Waals surface area contributed by atoms with Crippen molar-refractivity contribution in [2.75, 3.05) is 11.9 Å². The van der Waals surface area contributed by atoms with E-state index in [0.29, 0.717) is 12.2 Å². The summed E-state index contributed by atoms with van der Waals surface area (Å²) in [4.78, 5) is 15.9. The molecule has 0 bridgehead atoms. The number of benzene rings is 1. The fraction of sp³-hybridized carbons (Fsp3) is 0.250. The lowest BCUT2D eigenvalue weighted by atomic mass is 10.2. The average molecular weight is 270 g/mol. The van der Waals surface area contributed by atoms with E-state index in [4.69, 9.17) is 4.74 Å². The van der Waals surface area contributed by atoms with Crippen LogP contribution in [0, 0.1) is 13.8 Å². The Morgan fingerprint density at radius 3 is 2.25 bits per heavy atom. The van der Waals surface area contributed by atoms with Crippen LogP contribution in [0.1, 0.15) is 28.7 Å². The molecule has 1 aromatic heterocycles. The van der Waals surface area contributed by atoms with Crippen molar-refractivity contribution in [2.24, 2.45) is 0 Å². The molecule has 0 fully saturated rings. The molecule has 0 spiro atoms. The van der Waals surface area contributed by atoms with Crippen LogP contribution in [0.3, 0.4) is 0 Å². The smallest absolute Gasteiger partial charge is 0.338 e. The lowest BCUT2D eigenvalue weighted by molar-refractivity contribution is 0.0526. The lowest BCUT2D eigenvalue weighted by Gasteiger charge is -2.09. The average Bonchev–Trinajstić information content (AvgIpc) is 2.38. The number of carbonyl (C=O) groups excluding carboxylic acids is 1. The molecular formula is C16H18N2O2. The first kappa shape index (κ1) is 14.1. The van der Waals surface area contributed by atoms with Gasteiger partial charge in [-0.2, -0.15) is 0 Å². The van der Waals surface area contributed by atoms with Crippen LogP contribution in [0.5, 0.6) is 0 Å². The van der Waals surface area contributed by atoms with Gasteiger partial charge in [-0.25, -0.2) is 4.79 Å². The summed E-state index contributed by atoms with van der Waals surface area (Å²) in [5.74, 6) is -0.297. The number of ether oxygens (including phenoxy) is 1. The van der Waals surface area contributed by atoms with Crippen molar-refractivity contribution in [1.29, 1.82) is 0 Å². The van der Waals surface area contributed by atoms with Crippen molar-refractivity contribution < 1.29 is 9.53 Å². The zero-order valence-corrected chi connectivity index (χ0v) is 11.9. The summed E-state index contributed by atoms with van der Waals surface area (Å²) >= 11 is 0. The Morgan fingerprint density at radius 1 is 1.10 bits per heavy atom. The largest absolute Gasteiger partial charge is 0.462 e. The van der Waals surface area contributed by atoms with Crippen LogP contribution in [0.2, 0.25) is 0 Å². The lowest BCUT2D eigenvalue weighted by Crippen LogP contribution is -2.04. The number of rotatable bonds is 4. The highest BCUT2D eigenvalue weighted by molar-refractivity contribution is 5.89. The minimum Gasteiger partial charge on any atom is -0.462 e. The van der Waals surface area contributed by atoms with Gasteiger partial charge in [-0.05, 0) is 57.2 Å². The zero-order chi connectivity index (χ0) is 14.5. The number of hydrogen-bond donors (Lipinski definition) is 1. The molecule has 0 atom stereocenters. The highest BCUT2D eigenvalue weighted by atomic mass is 16.5. The predicted octanol–water partition coefficient (Wildman–Crippen LogP) is 3.62. The molecule has 20 heavy (non-hydrogen) atoms. The Bertz CT molecular complexity index is 586. The molecule has 0 aliphatic carbocycles. The van der Waals surface area contributed by atoms with E-state index < -0.39 is 0 Å². The molecule has 1 N–H and O–H groups in total. The van der Waals surface area contributed by atoms with Crippen LogP contribution in [0.25, 0.3) is 0 Å². The van der Waals surface area contributed by atoms with Crippen LogP contribution < -0.4 is 5.32 Å². The Balaban J connectivity index is 2.12. The summed E-state index contributed by atoms with van der Waals surface area (Å²) in [6.45, 7) is 6.10. The maximum absolute atomic E-state index is 11.6. The summed E-state index contributed by atoms with van der Waals surface area (Å²) in [6.07, 6.45) is 0. The fourth-order valence-corrected chi connectivity index (χ4v) is 1.98. The van der Waals surface area contributed by atoms with Gasteiger partial charge in [0.15, 0.2) is 0 Å². The topological polar surface area (TPSA) is 51.2 Å². The number of esters is 1. The van der Waals surface area contributed by atoms with E-state index in [1.165, 1.54) is 0 Å². The third kappa shape index (κ3) is 3.57. The normalized spacial score (nSPS) is 10.2. The van der Waals surface area contributed by atoms with Crippen molar-refractivity contribution >= 4 is 17.3 Å². The molecule has 2 aromatic rings. The minimum atomic E-state index is -0.297. The van der Waals surface area contributed by atoms with Crippen LogP contribution >= 0.6 is 0 Å². The standard InChI is InChI=1S/C16H18N2O2/c1-4-20-16(19)13-5-7-14(8-6-13)18-15-9-11(2)17-12(3)10-15/h5-10H,4H2,1-3H3,(H,17,18). The Labute approximate surface area is 118 Å². The van der Waals surface area contributed by atoms with Crippen molar-refractivity contribution in [3.63, 3.8) is 0 Å². The highest BCUT2D eigenvalue weighted by Gasteiger charge is 2.05. The monoisotopic (exact) mass is 270 g/mol. The first-order valence-corrected chi connectivity index (χ1v) is 6.58. The summed E-state index contributed by atoms with van der Waals surface area (Å²) in [5, 5.41) is 3.29. The summed E-state index contributed by atoms with van der Waals surface area (Å²) in [7, 11) is 0. The molecular weight excluding hydrogens is 252 g/mol.